The van der Waals surface area contributed by atoms with E-state index in [1.807, 2.05) is 0 Å². The lowest BCUT2D eigenvalue weighted by molar-refractivity contribution is 0.366. The molecule has 0 spiro atoms. The van der Waals surface area contributed by atoms with Crippen molar-refractivity contribution < 1.29 is 4.52 Å². The summed E-state index contributed by atoms with van der Waals surface area (Å²) in [6.45, 7) is 4.85. The number of para-hydroxylation sites is 1. The fourth-order valence-corrected chi connectivity index (χ4v) is 2.37. The summed E-state index contributed by atoms with van der Waals surface area (Å²) in [6, 6.07) is 10.5. The van der Waals surface area contributed by atoms with Gasteiger partial charge in [0, 0.05) is 17.6 Å². The summed E-state index contributed by atoms with van der Waals surface area (Å²) in [7, 11) is 0. The summed E-state index contributed by atoms with van der Waals surface area (Å²) < 4.78 is 7.52. The molecule has 0 amide bonds. The Morgan fingerprint density at radius 3 is 2.95 bits per heavy atom. The number of hydrogen-bond donors (Lipinski definition) is 0. The fourth-order valence-electron chi connectivity index (χ4n) is 2.37. The molecule has 2 heterocycles. The van der Waals surface area contributed by atoms with Gasteiger partial charge < -0.3 is 9.09 Å². The number of nitrogens with zero attached hydrogens (tertiary/aromatic N) is 3. The summed E-state index contributed by atoms with van der Waals surface area (Å²) in [5, 5.41) is 5.24. The minimum Gasteiger partial charge on any atom is -0.337 e. The van der Waals surface area contributed by atoms with Gasteiger partial charge >= 0.3 is 0 Å². The molecule has 0 bridgehead atoms. The van der Waals surface area contributed by atoms with Gasteiger partial charge in [0.1, 0.15) is 6.54 Å². The van der Waals surface area contributed by atoms with Crippen molar-refractivity contribution in [3.8, 4) is 0 Å². The summed E-state index contributed by atoms with van der Waals surface area (Å²) >= 11 is 0. The SMILES string of the molecule is CCCc1noc(Cn2c(C)cc3ccccc32)n1. The van der Waals surface area contributed by atoms with Gasteiger partial charge in [0.25, 0.3) is 0 Å². The van der Waals surface area contributed by atoms with Gasteiger partial charge in [0.05, 0.1) is 0 Å². The van der Waals surface area contributed by atoms with Gasteiger partial charge in [-0.3, -0.25) is 0 Å². The first-order chi connectivity index (χ1) is 9.28. The van der Waals surface area contributed by atoms with Crippen molar-refractivity contribution in [3.05, 3.63) is 47.7 Å². The Morgan fingerprint density at radius 1 is 1.26 bits per heavy atom. The molecule has 4 nitrogen and oxygen atoms in total. The van der Waals surface area contributed by atoms with E-state index in [2.05, 4.69) is 58.9 Å². The second kappa shape index (κ2) is 4.88. The van der Waals surface area contributed by atoms with E-state index >= 15 is 0 Å². The largest absolute Gasteiger partial charge is 0.337 e. The lowest BCUT2D eigenvalue weighted by Crippen LogP contribution is -2.01. The lowest BCUT2D eigenvalue weighted by atomic mass is 10.2. The first kappa shape index (κ1) is 12.0. The third-order valence-corrected chi connectivity index (χ3v) is 3.29. The molecular formula is C15H17N3O. The Bertz CT molecular complexity index is 696. The summed E-state index contributed by atoms with van der Waals surface area (Å²) in [5.41, 5.74) is 2.41. The maximum atomic E-state index is 5.31. The van der Waals surface area contributed by atoms with Gasteiger partial charge in [-0.2, -0.15) is 4.98 Å². The van der Waals surface area contributed by atoms with Crippen LogP contribution >= 0.6 is 0 Å². The van der Waals surface area contributed by atoms with E-state index < -0.39 is 0 Å². The molecule has 0 N–H and O–H groups in total. The molecule has 0 aliphatic heterocycles. The molecule has 19 heavy (non-hydrogen) atoms. The molecule has 4 heteroatoms. The van der Waals surface area contributed by atoms with Gasteiger partial charge in [-0.1, -0.05) is 30.3 Å². The summed E-state index contributed by atoms with van der Waals surface area (Å²) in [5.74, 6) is 1.47. The minimum absolute atomic E-state index is 0.635. The molecule has 0 saturated carbocycles. The van der Waals surface area contributed by atoms with Crippen molar-refractivity contribution >= 4 is 10.9 Å². The van der Waals surface area contributed by atoms with Gasteiger partial charge in [-0.25, -0.2) is 0 Å². The highest BCUT2D eigenvalue weighted by Gasteiger charge is 2.10. The molecule has 0 radical (unpaired) electrons. The van der Waals surface area contributed by atoms with Crippen molar-refractivity contribution in [1.29, 1.82) is 0 Å². The smallest absolute Gasteiger partial charge is 0.246 e. The first-order valence-electron chi connectivity index (χ1n) is 6.64. The maximum Gasteiger partial charge on any atom is 0.246 e. The van der Waals surface area contributed by atoms with Crippen LogP contribution in [0.2, 0.25) is 0 Å². The third kappa shape index (κ3) is 2.26. The van der Waals surface area contributed by atoms with Crippen LogP contribution < -0.4 is 0 Å². The highest BCUT2D eigenvalue weighted by atomic mass is 16.5. The molecule has 3 rings (SSSR count). The van der Waals surface area contributed by atoms with Gasteiger partial charge in [-0.05, 0) is 30.9 Å². The lowest BCUT2D eigenvalue weighted by Gasteiger charge is -2.04. The molecular weight excluding hydrogens is 238 g/mol. The van der Waals surface area contributed by atoms with Gasteiger partial charge in [0.2, 0.25) is 5.89 Å². The Morgan fingerprint density at radius 2 is 2.11 bits per heavy atom. The van der Waals surface area contributed by atoms with E-state index in [-0.39, 0.29) is 0 Å². The van der Waals surface area contributed by atoms with Crippen LogP contribution in [0.5, 0.6) is 0 Å². The fraction of sp³-hybridized carbons (Fsp3) is 0.333. The van der Waals surface area contributed by atoms with E-state index in [0.29, 0.717) is 12.4 Å². The quantitative estimate of drug-likeness (QED) is 0.718. The van der Waals surface area contributed by atoms with E-state index in [9.17, 15) is 0 Å². The van der Waals surface area contributed by atoms with E-state index in [4.69, 9.17) is 4.52 Å². The summed E-state index contributed by atoms with van der Waals surface area (Å²) in [6.07, 6.45) is 1.90. The molecule has 0 unspecified atom stereocenters. The van der Waals surface area contributed by atoms with Crippen molar-refractivity contribution in [3.63, 3.8) is 0 Å². The van der Waals surface area contributed by atoms with E-state index in [1.54, 1.807) is 0 Å². The number of hydrogen-bond acceptors (Lipinski definition) is 3. The van der Waals surface area contributed by atoms with Gasteiger partial charge in [-0.15, -0.1) is 0 Å². The zero-order valence-corrected chi connectivity index (χ0v) is 11.3. The van der Waals surface area contributed by atoms with Crippen LogP contribution in [0, 0.1) is 6.92 Å². The molecule has 0 atom stereocenters. The Labute approximate surface area is 112 Å². The molecule has 0 saturated heterocycles. The average molecular weight is 255 g/mol. The van der Waals surface area contributed by atoms with Crippen LogP contribution in [0.4, 0.5) is 0 Å². The zero-order chi connectivity index (χ0) is 13.2. The van der Waals surface area contributed by atoms with Crippen LogP contribution in [-0.4, -0.2) is 14.7 Å². The summed E-state index contributed by atoms with van der Waals surface area (Å²) in [4.78, 5) is 4.42. The molecule has 98 valence electrons. The minimum atomic E-state index is 0.635. The molecule has 1 aromatic carbocycles. The molecule has 0 fully saturated rings. The Balaban J connectivity index is 1.93. The molecule has 2 aromatic heterocycles. The van der Waals surface area contributed by atoms with Crippen molar-refractivity contribution in [2.45, 2.75) is 33.2 Å². The highest BCUT2D eigenvalue weighted by molar-refractivity contribution is 5.81. The third-order valence-electron chi connectivity index (χ3n) is 3.29. The molecule has 0 aliphatic carbocycles. The average Bonchev–Trinajstić information content (AvgIpc) is 2.96. The van der Waals surface area contributed by atoms with E-state index in [1.165, 1.54) is 16.6 Å². The predicted octanol–water partition coefficient (Wildman–Crippen LogP) is 3.33. The van der Waals surface area contributed by atoms with Crippen LogP contribution in [0.1, 0.15) is 30.8 Å². The molecule has 3 aromatic rings. The zero-order valence-electron chi connectivity index (χ0n) is 11.3. The van der Waals surface area contributed by atoms with Crippen LogP contribution in [0.3, 0.4) is 0 Å². The second-order valence-electron chi connectivity index (χ2n) is 4.79. The standard InChI is InChI=1S/C15H17N3O/c1-3-6-14-16-15(19-17-14)10-18-11(2)9-12-7-4-5-8-13(12)18/h4-5,7-9H,3,6,10H2,1-2H3. The van der Waals surface area contributed by atoms with Crippen molar-refractivity contribution in [2.75, 3.05) is 0 Å². The Hall–Kier alpha value is -2.10. The monoisotopic (exact) mass is 255 g/mol. The van der Waals surface area contributed by atoms with Crippen LogP contribution in [-0.2, 0) is 13.0 Å². The van der Waals surface area contributed by atoms with Crippen molar-refractivity contribution in [1.82, 2.24) is 14.7 Å². The van der Waals surface area contributed by atoms with Crippen LogP contribution in [0.25, 0.3) is 10.9 Å². The number of benzene rings is 1. The highest BCUT2D eigenvalue weighted by Crippen LogP contribution is 2.20. The second-order valence-corrected chi connectivity index (χ2v) is 4.79. The topological polar surface area (TPSA) is 43.9 Å². The van der Waals surface area contributed by atoms with E-state index in [0.717, 1.165) is 18.7 Å². The van der Waals surface area contributed by atoms with Crippen LogP contribution in [0.15, 0.2) is 34.9 Å². The maximum absolute atomic E-state index is 5.31. The van der Waals surface area contributed by atoms with Gasteiger partial charge in [0.15, 0.2) is 5.82 Å². The number of aromatic nitrogens is 3. The normalized spacial score (nSPS) is 11.3. The Kier molecular flexibility index (Phi) is 3.07. The number of aryl methyl sites for hydroxylation is 2. The number of fused-ring (bicyclic) bond motifs is 1. The molecule has 0 aliphatic rings. The predicted molar refractivity (Wildman–Crippen MR) is 74.1 cm³/mol. The number of rotatable bonds is 4. The van der Waals surface area contributed by atoms with Crippen molar-refractivity contribution in [2.24, 2.45) is 0 Å². The first-order valence-corrected chi connectivity index (χ1v) is 6.64.